The Morgan fingerprint density at radius 1 is 1.15 bits per heavy atom. The van der Waals surface area contributed by atoms with E-state index in [-0.39, 0.29) is 24.5 Å². The van der Waals surface area contributed by atoms with Crippen molar-refractivity contribution in [2.75, 3.05) is 40.3 Å². The molecule has 1 aliphatic rings. The maximum Gasteiger partial charge on any atom is 0.223 e. The second-order valence-corrected chi connectivity index (χ2v) is 8.26. The zero-order chi connectivity index (χ0) is 20.0. The number of Topliss-reactive ketones (excluding diaryl/α,β-unsaturated/α-hetero) is 1. The number of carbonyl (C=O) groups is 2. The van der Waals surface area contributed by atoms with Gasteiger partial charge in [-0.15, -0.1) is 0 Å². The molecule has 0 aromatic heterocycles. The monoisotopic (exact) mass is 393 g/mol. The van der Waals surface area contributed by atoms with Crippen LogP contribution in [0.25, 0.3) is 0 Å². The summed E-state index contributed by atoms with van der Waals surface area (Å²) in [6.45, 7) is 7.96. The predicted molar refractivity (Wildman–Crippen MR) is 110 cm³/mol. The minimum absolute atomic E-state index is 0.0331. The van der Waals surface area contributed by atoms with E-state index in [1.165, 1.54) is 0 Å². The molecule has 1 saturated heterocycles. The molecule has 2 unspecified atom stereocenters. The molecule has 2 rings (SSSR count). The van der Waals surface area contributed by atoms with Gasteiger partial charge in [0.25, 0.3) is 0 Å². The van der Waals surface area contributed by atoms with Gasteiger partial charge in [-0.05, 0) is 53.0 Å². The highest BCUT2D eigenvalue weighted by Gasteiger charge is 2.31. The summed E-state index contributed by atoms with van der Waals surface area (Å²) >= 11 is 5.94. The van der Waals surface area contributed by atoms with Gasteiger partial charge >= 0.3 is 0 Å². The molecule has 0 spiro atoms. The SMILES string of the molecule is CC1CN(C(=O)CCC(=O)c2cccc(Cl)c2)CC(C)N1CCCN(C)C. The first-order chi connectivity index (χ1) is 12.8. The third kappa shape index (κ3) is 6.59. The molecule has 27 heavy (non-hydrogen) atoms. The molecule has 0 aliphatic carbocycles. The topological polar surface area (TPSA) is 43.9 Å². The fourth-order valence-corrected chi connectivity index (χ4v) is 3.95. The number of hydrogen-bond donors (Lipinski definition) is 0. The second kappa shape index (κ2) is 10.2. The van der Waals surface area contributed by atoms with Crippen LogP contribution in [0.2, 0.25) is 5.02 Å². The molecule has 1 heterocycles. The van der Waals surface area contributed by atoms with Crippen LogP contribution in [0.1, 0.15) is 43.5 Å². The van der Waals surface area contributed by atoms with Crippen LogP contribution in [-0.2, 0) is 4.79 Å². The van der Waals surface area contributed by atoms with Gasteiger partial charge in [0.15, 0.2) is 5.78 Å². The summed E-state index contributed by atoms with van der Waals surface area (Å²) in [4.78, 5) is 31.5. The highest BCUT2D eigenvalue weighted by molar-refractivity contribution is 6.31. The highest BCUT2D eigenvalue weighted by atomic mass is 35.5. The number of benzene rings is 1. The van der Waals surface area contributed by atoms with Crippen LogP contribution in [-0.4, -0.2) is 78.7 Å². The zero-order valence-corrected chi connectivity index (χ0v) is 17.7. The fourth-order valence-electron chi connectivity index (χ4n) is 3.76. The summed E-state index contributed by atoms with van der Waals surface area (Å²) in [6.07, 6.45) is 1.61. The first-order valence-electron chi connectivity index (χ1n) is 9.75. The standard InChI is InChI=1S/C21H32ClN3O2/c1-16-14-24(15-17(2)25(16)12-6-11-23(3)4)21(27)10-9-20(26)18-7-5-8-19(22)13-18/h5,7-8,13,16-17H,6,9-12,14-15H2,1-4H3. The molecule has 1 aromatic carbocycles. The van der Waals surface area contributed by atoms with Gasteiger partial charge in [-0.1, -0.05) is 23.7 Å². The van der Waals surface area contributed by atoms with Gasteiger partial charge in [-0.2, -0.15) is 0 Å². The van der Waals surface area contributed by atoms with Crippen molar-refractivity contribution in [3.63, 3.8) is 0 Å². The van der Waals surface area contributed by atoms with Crippen LogP contribution >= 0.6 is 11.6 Å². The lowest BCUT2D eigenvalue weighted by Gasteiger charge is -2.44. The van der Waals surface area contributed by atoms with Crippen molar-refractivity contribution in [2.45, 2.75) is 45.2 Å². The van der Waals surface area contributed by atoms with Gasteiger partial charge in [0.05, 0.1) is 0 Å². The normalized spacial score (nSPS) is 20.9. The average molecular weight is 394 g/mol. The minimum Gasteiger partial charge on any atom is -0.340 e. The van der Waals surface area contributed by atoms with Crippen molar-refractivity contribution in [3.8, 4) is 0 Å². The largest absolute Gasteiger partial charge is 0.340 e. The third-order valence-corrected chi connectivity index (χ3v) is 5.42. The van der Waals surface area contributed by atoms with E-state index in [1.807, 2.05) is 4.90 Å². The first-order valence-corrected chi connectivity index (χ1v) is 10.1. The molecule has 6 heteroatoms. The fraction of sp³-hybridized carbons (Fsp3) is 0.619. The molecular weight excluding hydrogens is 362 g/mol. The highest BCUT2D eigenvalue weighted by Crippen LogP contribution is 2.18. The molecule has 1 amide bonds. The Labute approximate surface area is 168 Å². The van der Waals surface area contributed by atoms with Gasteiger partial charge < -0.3 is 9.80 Å². The van der Waals surface area contributed by atoms with Crippen molar-refractivity contribution in [1.29, 1.82) is 0 Å². The Morgan fingerprint density at radius 2 is 1.81 bits per heavy atom. The van der Waals surface area contributed by atoms with Crippen LogP contribution in [0.15, 0.2) is 24.3 Å². The lowest BCUT2D eigenvalue weighted by molar-refractivity contribution is -0.135. The van der Waals surface area contributed by atoms with Crippen molar-refractivity contribution in [2.24, 2.45) is 0 Å². The summed E-state index contributed by atoms with van der Waals surface area (Å²) in [7, 11) is 4.18. The smallest absolute Gasteiger partial charge is 0.223 e. The molecule has 5 nitrogen and oxygen atoms in total. The van der Waals surface area contributed by atoms with Gasteiger partial charge in [-0.3, -0.25) is 14.5 Å². The Morgan fingerprint density at radius 3 is 2.41 bits per heavy atom. The molecule has 0 N–H and O–H groups in total. The van der Waals surface area contributed by atoms with E-state index in [0.29, 0.717) is 22.7 Å². The van der Waals surface area contributed by atoms with Crippen LogP contribution in [0, 0.1) is 0 Å². The molecule has 0 radical (unpaired) electrons. The quantitative estimate of drug-likeness (QED) is 0.636. The number of piperazine rings is 1. The third-order valence-electron chi connectivity index (χ3n) is 5.19. The van der Waals surface area contributed by atoms with Crippen molar-refractivity contribution in [1.82, 2.24) is 14.7 Å². The molecule has 150 valence electrons. The number of carbonyl (C=O) groups excluding carboxylic acids is 2. The van der Waals surface area contributed by atoms with Gasteiger partial charge in [0.2, 0.25) is 5.91 Å². The predicted octanol–water partition coefficient (Wildman–Crippen LogP) is 3.18. The molecular formula is C21H32ClN3O2. The summed E-state index contributed by atoms with van der Waals surface area (Å²) in [6, 6.07) is 7.58. The van der Waals surface area contributed by atoms with Crippen LogP contribution in [0.3, 0.4) is 0 Å². The Hall–Kier alpha value is -1.43. The van der Waals surface area contributed by atoms with E-state index in [0.717, 1.165) is 32.6 Å². The summed E-state index contributed by atoms with van der Waals surface area (Å²) < 4.78 is 0. The summed E-state index contributed by atoms with van der Waals surface area (Å²) in [5.41, 5.74) is 0.572. The van der Waals surface area contributed by atoms with Gasteiger partial charge in [0.1, 0.15) is 0 Å². The van der Waals surface area contributed by atoms with E-state index in [1.54, 1.807) is 24.3 Å². The number of ketones is 1. The Balaban J connectivity index is 1.82. The van der Waals surface area contributed by atoms with E-state index < -0.39 is 0 Å². The summed E-state index contributed by atoms with van der Waals surface area (Å²) in [5, 5.41) is 0.542. The molecule has 1 aliphatic heterocycles. The van der Waals surface area contributed by atoms with Crippen molar-refractivity contribution in [3.05, 3.63) is 34.9 Å². The number of amides is 1. The molecule has 0 saturated carbocycles. The van der Waals surface area contributed by atoms with E-state index in [2.05, 4.69) is 37.7 Å². The lowest BCUT2D eigenvalue weighted by atomic mass is 10.0. The lowest BCUT2D eigenvalue weighted by Crippen LogP contribution is -2.58. The number of halogens is 1. The minimum atomic E-state index is -0.0331. The van der Waals surface area contributed by atoms with Gasteiger partial charge in [-0.25, -0.2) is 0 Å². The van der Waals surface area contributed by atoms with E-state index in [4.69, 9.17) is 11.6 Å². The van der Waals surface area contributed by atoms with Crippen LogP contribution < -0.4 is 0 Å². The Bertz CT molecular complexity index is 638. The molecule has 2 atom stereocenters. The molecule has 1 fully saturated rings. The maximum absolute atomic E-state index is 12.6. The van der Waals surface area contributed by atoms with E-state index in [9.17, 15) is 9.59 Å². The molecule has 0 bridgehead atoms. The van der Waals surface area contributed by atoms with Crippen molar-refractivity contribution < 1.29 is 9.59 Å². The Kier molecular flexibility index (Phi) is 8.27. The average Bonchev–Trinajstić information content (AvgIpc) is 2.61. The van der Waals surface area contributed by atoms with Gasteiger partial charge in [0, 0.05) is 55.1 Å². The molecule has 1 aromatic rings. The second-order valence-electron chi connectivity index (χ2n) is 7.82. The maximum atomic E-state index is 12.6. The van der Waals surface area contributed by atoms with E-state index >= 15 is 0 Å². The van der Waals surface area contributed by atoms with Crippen LogP contribution in [0.4, 0.5) is 0 Å². The summed E-state index contributed by atoms with van der Waals surface area (Å²) in [5.74, 6) is 0.0336. The number of nitrogens with zero attached hydrogens (tertiary/aromatic N) is 3. The van der Waals surface area contributed by atoms with Crippen molar-refractivity contribution >= 4 is 23.3 Å². The first kappa shape index (κ1) is 21.9. The number of hydrogen-bond acceptors (Lipinski definition) is 4. The number of rotatable bonds is 8. The zero-order valence-electron chi connectivity index (χ0n) is 16.9. The van der Waals surface area contributed by atoms with Crippen LogP contribution in [0.5, 0.6) is 0 Å².